The Labute approximate surface area is 146 Å². The number of carbonyl (C=O) groups is 2. The van der Waals surface area contributed by atoms with Crippen LogP contribution in [-0.4, -0.2) is 26.8 Å². The van der Waals surface area contributed by atoms with Crippen molar-refractivity contribution >= 4 is 17.7 Å². The van der Waals surface area contributed by atoms with Crippen LogP contribution in [-0.2, 0) is 22.6 Å². The van der Waals surface area contributed by atoms with Crippen LogP contribution < -0.4 is 5.32 Å². The fourth-order valence-corrected chi connectivity index (χ4v) is 3.50. The van der Waals surface area contributed by atoms with Crippen molar-refractivity contribution in [2.24, 2.45) is 5.92 Å². The maximum Gasteiger partial charge on any atom is 0.325 e. The molecule has 2 N–H and O–H groups in total. The van der Waals surface area contributed by atoms with Crippen LogP contribution in [0.4, 0.5) is 5.82 Å². The van der Waals surface area contributed by atoms with Gasteiger partial charge in [-0.15, -0.1) is 0 Å². The number of hydrogen-bond donors (Lipinski definition) is 2. The molecule has 1 aliphatic heterocycles. The van der Waals surface area contributed by atoms with E-state index in [1.807, 2.05) is 6.92 Å². The molecule has 0 saturated heterocycles. The van der Waals surface area contributed by atoms with Crippen LogP contribution in [0.5, 0.6) is 0 Å². The van der Waals surface area contributed by atoms with E-state index < -0.39 is 5.97 Å². The number of hydrogen-bond acceptors (Lipinski definition) is 3. The summed E-state index contributed by atoms with van der Waals surface area (Å²) in [5.41, 5.74) is 4.00. The zero-order chi connectivity index (χ0) is 18.1. The second-order valence-corrected chi connectivity index (χ2v) is 7.04. The first-order valence-electron chi connectivity index (χ1n) is 8.53. The SMILES string of the molecule is Cc1nn(CC(=O)O)c2c1C(c1ccc(CC(C)C)cc1)CC(=O)N2. The van der Waals surface area contributed by atoms with Crippen molar-refractivity contribution in [1.82, 2.24) is 9.78 Å². The topological polar surface area (TPSA) is 84.2 Å². The molecule has 1 aromatic heterocycles. The number of carboxylic acids is 1. The lowest BCUT2D eigenvalue weighted by Gasteiger charge is -2.24. The maximum absolute atomic E-state index is 12.2. The normalized spacial score (nSPS) is 16.6. The average Bonchev–Trinajstić information content (AvgIpc) is 2.82. The molecule has 6 nitrogen and oxygen atoms in total. The van der Waals surface area contributed by atoms with Crippen molar-refractivity contribution in [3.05, 3.63) is 46.6 Å². The van der Waals surface area contributed by atoms with Crippen molar-refractivity contribution in [1.29, 1.82) is 0 Å². The third-order valence-corrected chi connectivity index (χ3v) is 4.48. The molecule has 0 spiro atoms. The lowest BCUT2D eigenvalue weighted by Crippen LogP contribution is -2.26. The number of nitrogens with zero attached hydrogens (tertiary/aromatic N) is 2. The molecule has 1 aromatic carbocycles. The van der Waals surface area contributed by atoms with Crippen molar-refractivity contribution in [3.63, 3.8) is 0 Å². The molecular weight excluding hydrogens is 318 g/mol. The van der Waals surface area contributed by atoms with Gasteiger partial charge < -0.3 is 10.4 Å². The van der Waals surface area contributed by atoms with Gasteiger partial charge in [-0.2, -0.15) is 5.10 Å². The van der Waals surface area contributed by atoms with E-state index >= 15 is 0 Å². The lowest BCUT2D eigenvalue weighted by molar-refractivity contribution is -0.137. The summed E-state index contributed by atoms with van der Waals surface area (Å²) < 4.78 is 1.37. The Morgan fingerprint density at radius 1 is 1.36 bits per heavy atom. The monoisotopic (exact) mass is 341 g/mol. The van der Waals surface area contributed by atoms with Gasteiger partial charge >= 0.3 is 5.97 Å². The van der Waals surface area contributed by atoms with E-state index in [0.29, 0.717) is 18.2 Å². The molecule has 132 valence electrons. The smallest absolute Gasteiger partial charge is 0.325 e. The minimum atomic E-state index is -0.986. The second kappa shape index (κ2) is 6.70. The number of rotatable bonds is 5. The average molecular weight is 341 g/mol. The van der Waals surface area contributed by atoms with E-state index in [9.17, 15) is 9.59 Å². The van der Waals surface area contributed by atoms with Crippen LogP contribution in [0.15, 0.2) is 24.3 Å². The molecule has 1 atom stereocenters. The molecule has 2 aromatic rings. The highest BCUT2D eigenvalue weighted by Crippen LogP contribution is 2.39. The zero-order valence-electron chi connectivity index (χ0n) is 14.7. The van der Waals surface area contributed by atoms with E-state index in [4.69, 9.17) is 5.11 Å². The Morgan fingerprint density at radius 3 is 2.64 bits per heavy atom. The Hall–Kier alpha value is -2.63. The summed E-state index contributed by atoms with van der Waals surface area (Å²) in [5, 5.41) is 16.2. The van der Waals surface area contributed by atoms with Gasteiger partial charge in [0.05, 0.1) is 5.69 Å². The standard InChI is InChI=1S/C19H23N3O3/c1-11(2)8-13-4-6-14(7-5-13)15-9-16(23)20-19-18(15)12(3)21-22(19)10-17(24)25/h4-7,11,15H,8-10H2,1-3H3,(H,20,23)(H,24,25). The van der Waals surface area contributed by atoms with Crippen LogP contribution in [0, 0.1) is 12.8 Å². The first kappa shape index (κ1) is 17.2. The molecule has 1 unspecified atom stereocenters. The van der Waals surface area contributed by atoms with Crippen LogP contribution in [0.3, 0.4) is 0 Å². The van der Waals surface area contributed by atoms with Crippen LogP contribution in [0.1, 0.15) is 48.6 Å². The van der Waals surface area contributed by atoms with E-state index in [0.717, 1.165) is 23.2 Å². The van der Waals surface area contributed by atoms with Gasteiger partial charge in [-0.05, 0) is 30.4 Å². The summed E-state index contributed by atoms with van der Waals surface area (Å²) in [4.78, 5) is 23.2. The molecule has 0 fully saturated rings. The van der Waals surface area contributed by atoms with Crippen molar-refractivity contribution < 1.29 is 14.7 Å². The quantitative estimate of drug-likeness (QED) is 0.876. The first-order valence-corrected chi connectivity index (χ1v) is 8.53. The molecule has 1 amide bonds. The molecule has 2 heterocycles. The molecule has 0 saturated carbocycles. The van der Waals surface area contributed by atoms with E-state index in [1.165, 1.54) is 10.2 Å². The van der Waals surface area contributed by atoms with Gasteiger partial charge in [0, 0.05) is 17.9 Å². The molecule has 0 aliphatic carbocycles. The van der Waals surface area contributed by atoms with Gasteiger partial charge in [0.15, 0.2) is 0 Å². The van der Waals surface area contributed by atoms with Gasteiger partial charge in [0.25, 0.3) is 0 Å². The molecular formula is C19H23N3O3. The summed E-state index contributed by atoms with van der Waals surface area (Å²) in [7, 11) is 0. The number of nitrogens with one attached hydrogen (secondary N) is 1. The highest BCUT2D eigenvalue weighted by atomic mass is 16.4. The lowest BCUT2D eigenvalue weighted by atomic mass is 9.85. The van der Waals surface area contributed by atoms with Gasteiger partial charge in [-0.1, -0.05) is 38.1 Å². The number of anilines is 1. The molecule has 0 radical (unpaired) electrons. The highest BCUT2D eigenvalue weighted by molar-refractivity contribution is 5.94. The maximum atomic E-state index is 12.2. The highest BCUT2D eigenvalue weighted by Gasteiger charge is 2.32. The molecule has 1 aliphatic rings. The number of fused-ring (bicyclic) bond motifs is 1. The van der Waals surface area contributed by atoms with Crippen molar-refractivity contribution in [2.75, 3.05) is 5.32 Å². The zero-order valence-corrected chi connectivity index (χ0v) is 14.7. The Bertz CT molecular complexity index is 806. The number of aryl methyl sites for hydroxylation is 1. The Morgan fingerprint density at radius 2 is 2.04 bits per heavy atom. The first-order chi connectivity index (χ1) is 11.8. The third-order valence-electron chi connectivity index (χ3n) is 4.48. The van der Waals surface area contributed by atoms with E-state index in [1.54, 1.807) is 0 Å². The summed E-state index contributed by atoms with van der Waals surface area (Å²) in [6.45, 7) is 5.96. The largest absolute Gasteiger partial charge is 0.480 e. The van der Waals surface area contributed by atoms with Gasteiger partial charge in [-0.3, -0.25) is 9.59 Å². The summed E-state index contributed by atoms with van der Waals surface area (Å²) in [5.74, 6) is -0.101. The van der Waals surface area contributed by atoms with Crippen LogP contribution >= 0.6 is 0 Å². The number of aliphatic carboxylic acids is 1. The van der Waals surface area contributed by atoms with Gasteiger partial charge in [-0.25, -0.2) is 4.68 Å². The predicted molar refractivity (Wildman–Crippen MR) is 94.7 cm³/mol. The van der Waals surface area contributed by atoms with Crippen LogP contribution in [0.25, 0.3) is 0 Å². The fourth-order valence-electron chi connectivity index (χ4n) is 3.50. The third kappa shape index (κ3) is 3.57. The summed E-state index contributed by atoms with van der Waals surface area (Å²) in [6.07, 6.45) is 1.36. The number of carboxylic acid groups (broad SMARTS) is 1. The Balaban J connectivity index is 1.97. The summed E-state index contributed by atoms with van der Waals surface area (Å²) >= 11 is 0. The van der Waals surface area contributed by atoms with E-state index in [-0.39, 0.29) is 18.4 Å². The number of benzene rings is 1. The van der Waals surface area contributed by atoms with Crippen molar-refractivity contribution in [2.45, 2.75) is 46.1 Å². The minimum absolute atomic E-state index is 0.0978. The van der Waals surface area contributed by atoms with E-state index in [2.05, 4.69) is 48.5 Å². The van der Waals surface area contributed by atoms with Gasteiger partial charge in [0.2, 0.25) is 5.91 Å². The summed E-state index contributed by atoms with van der Waals surface area (Å²) in [6, 6.07) is 8.36. The number of aromatic nitrogens is 2. The number of amides is 1. The molecule has 0 bridgehead atoms. The van der Waals surface area contributed by atoms with Crippen molar-refractivity contribution in [3.8, 4) is 0 Å². The second-order valence-electron chi connectivity index (χ2n) is 7.04. The number of carbonyl (C=O) groups excluding carboxylic acids is 1. The Kier molecular flexibility index (Phi) is 4.61. The minimum Gasteiger partial charge on any atom is -0.480 e. The fraction of sp³-hybridized carbons (Fsp3) is 0.421. The van der Waals surface area contributed by atoms with Crippen LogP contribution in [0.2, 0.25) is 0 Å². The van der Waals surface area contributed by atoms with Gasteiger partial charge in [0.1, 0.15) is 12.4 Å². The molecule has 6 heteroatoms. The molecule has 25 heavy (non-hydrogen) atoms. The predicted octanol–water partition coefficient (Wildman–Crippen LogP) is 2.95. The molecule has 3 rings (SSSR count).